The van der Waals surface area contributed by atoms with Gasteiger partial charge in [0.25, 0.3) is 0 Å². The Hall–Kier alpha value is -1.33. The molecule has 0 aromatic carbocycles. The summed E-state index contributed by atoms with van der Waals surface area (Å²) in [5.74, 6) is 5.91. The highest BCUT2D eigenvalue weighted by Gasteiger charge is 1.92. The fourth-order valence-electron chi connectivity index (χ4n) is 1.07. The summed E-state index contributed by atoms with van der Waals surface area (Å²) in [5, 5.41) is 0. The van der Waals surface area contributed by atoms with E-state index in [1.54, 1.807) is 0 Å². The Morgan fingerprint density at radius 2 is 2.29 bits per heavy atom. The first-order valence-corrected chi connectivity index (χ1v) is 4.90. The summed E-state index contributed by atoms with van der Waals surface area (Å²) in [6.45, 7) is 3.99. The molecule has 0 bridgehead atoms. The number of nitrogens with zero attached hydrogens (tertiary/aromatic N) is 1. The fourth-order valence-corrected chi connectivity index (χ4v) is 1.07. The van der Waals surface area contributed by atoms with Gasteiger partial charge in [0.15, 0.2) is 0 Å². The highest BCUT2D eigenvalue weighted by molar-refractivity contribution is 5.19. The van der Waals surface area contributed by atoms with E-state index < -0.39 is 0 Å². The quantitative estimate of drug-likeness (QED) is 0.715. The second-order valence-electron chi connectivity index (χ2n) is 3.30. The standard InChI is InChI=1S/C12H16N2/c1-3-11-7-8-12(14-9-11)6-4-5-10(2)13/h7-10H,3,6,13H2,1-2H3. The number of hydrogen-bond acceptors (Lipinski definition) is 2. The monoisotopic (exact) mass is 188 g/mol. The van der Waals surface area contributed by atoms with Crippen LogP contribution in [0.25, 0.3) is 0 Å². The van der Waals surface area contributed by atoms with Crippen molar-refractivity contribution in [2.75, 3.05) is 0 Å². The van der Waals surface area contributed by atoms with Gasteiger partial charge in [-0.2, -0.15) is 0 Å². The van der Waals surface area contributed by atoms with Gasteiger partial charge in [0.2, 0.25) is 0 Å². The van der Waals surface area contributed by atoms with Crippen LogP contribution in [0.4, 0.5) is 0 Å². The molecule has 74 valence electrons. The van der Waals surface area contributed by atoms with Crippen LogP contribution in [0.2, 0.25) is 0 Å². The van der Waals surface area contributed by atoms with Gasteiger partial charge in [-0.1, -0.05) is 24.8 Å². The minimum atomic E-state index is -0.0510. The maximum absolute atomic E-state index is 5.51. The van der Waals surface area contributed by atoms with Crippen LogP contribution in [0.15, 0.2) is 18.3 Å². The lowest BCUT2D eigenvalue weighted by Crippen LogP contribution is -2.11. The second-order valence-corrected chi connectivity index (χ2v) is 3.30. The molecule has 0 aliphatic carbocycles. The van der Waals surface area contributed by atoms with E-state index in [4.69, 9.17) is 5.73 Å². The highest BCUT2D eigenvalue weighted by atomic mass is 14.7. The van der Waals surface area contributed by atoms with Crippen molar-refractivity contribution in [3.8, 4) is 11.8 Å². The second kappa shape index (κ2) is 5.41. The Morgan fingerprint density at radius 3 is 2.79 bits per heavy atom. The topological polar surface area (TPSA) is 38.9 Å². The maximum Gasteiger partial charge on any atom is 0.0636 e. The molecular formula is C12H16N2. The Kier molecular flexibility index (Phi) is 4.15. The van der Waals surface area contributed by atoms with Gasteiger partial charge in [-0.3, -0.25) is 4.98 Å². The predicted molar refractivity (Wildman–Crippen MR) is 58.7 cm³/mol. The molecule has 1 rings (SSSR count). The molecule has 1 aromatic rings. The van der Waals surface area contributed by atoms with Crippen LogP contribution in [0.5, 0.6) is 0 Å². The average Bonchev–Trinajstić information content (AvgIpc) is 2.18. The zero-order valence-electron chi connectivity index (χ0n) is 8.75. The van der Waals surface area contributed by atoms with Crippen molar-refractivity contribution in [2.45, 2.75) is 32.7 Å². The summed E-state index contributed by atoms with van der Waals surface area (Å²) >= 11 is 0. The lowest BCUT2D eigenvalue weighted by molar-refractivity contribution is 0.956. The normalized spacial score (nSPS) is 11.6. The third-order valence-corrected chi connectivity index (χ3v) is 1.89. The first kappa shape index (κ1) is 10.7. The minimum Gasteiger partial charge on any atom is -0.318 e. The van der Waals surface area contributed by atoms with E-state index in [0.717, 1.165) is 12.1 Å². The molecule has 2 nitrogen and oxygen atoms in total. The molecule has 0 saturated carbocycles. The third-order valence-electron chi connectivity index (χ3n) is 1.89. The van der Waals surface area contributed by atoms with Crippen molar-refractivity contribution in [1.29, 1.82) is 0 Å². The number of nitrogens with two attached hydrogens (primary N) is 1. The van der Waals surface area contributed by atoms with Crippen molar-refractivity contribution < 1.29 is 0 Å². The largest absolute Gasteiger partial charge is 0.318 e. The van der Waals surface area contributed by atoms with E-state index in [0.29, 0.717) is 6.42 Å². The van der Waals surface area contributed by atoms with Gasteiger partial charge in [-0.25, -0.2) is 0 Å². The Balaban J connectivity index is 2.57. The molecule has 0 spiro atoms. The van der Waals surface area contributed by atoms with E-state index >= 15 is 0 Å². The molecule has 1 aromatic heterocycles. The molecule has 0 aliphatic heterocycles. The van der Waals surface area contributed by atoms with Gasteiger partial charge in [-0.05, 0) is 25.0 Å². The lowest BCUT2D eigenvalue weighted by atomic mass is 10.2. The van der Waals surface area contributed by atoms with Crippen LogP contribution < -0.4 is 5.73 Å². The molecule has 0 saturated heterocycles. The van der Waals surface area contributed by atoms with E-state index in [1.807, 2.05) is 19.2 Å². The zero-order chi connectivity index (χ0) is 10.4. The smallest absolute Gasteiger partial charge is 0.0636 e. The van der Waals surface area contributed by atoms with E-state index in [1.165, 1.54) is 5.56 Å². The lowest BCUT2D eigenvalue weighted by Gasteiger charge is -1.97. The molecule has 14 heavy (non-hydrogen) atoms. The fraction of sp³-hybridized carbons (Fsp3) is 0.417. The first-order valence-electron chi connectivity index (χ1n) is 4.90. The van der Waals surface area contributed by atoms with E-state index in [2.05, 4.69) is 29.8 Å². The zero-order valence-corrected chi connectivity index (χ0v) is 8.75. The van der Waals surface area contributed by atoms with E-state index in [9.17, 15) is 0 Å². The molecule has 2 N–H and O–H groups in total. The average molecular weight is 188 g/mol. The summed E-state index contributed by atoms with van der Waals surface area (Å²) in [4.78, 5) is 4.30. The number of rotatable bonds is 2. The molecular weight excluding hydrogens is 172 g/mol. The predicted octanol–water partition coefficient (Wildman–Crippen LogP) is 1.54. The van der Waals surface area contributed by atoms with Crippen LogP contribution in [0.3, 0.4) is 0 Å². The number of hydrogen-bond donors (Lipinski definition) is 1. The number of aryl methyl sites for hydroxylation is 1. The van der Waals surface area contributed by atoms with Gasteiger partial charge >= 0.3 is 0 Å². The molecule has 1 heterocycles. The summed E-state index contributed by atoms with van der Waals surface area (Å²) in [6.07, 6.45) is 3.62. The van der Waals surface area contributed by atoms with Crippen LogP contribution in [-0.4, -0.2) is 11.0 Å². The van der Waals surface area contributed by atoms with Crippen molar-refractivity contribution >= 4 is 0 Å². The summed E-state index contributed by atoms with van der Waals surface area (Å²) in [5.41, 5.74) is 7.78. The number of pyridine rings is 1. The Bertz CT molecular complexity index is 328. The van der Waals surface area contributed by atoms with Crippen LogP contribution in [0.1, 0.15) is 25.1 Å². The molecule has 0 amide bonds. The van der Waals surface area contributed by atoms with Gasteiger partial charge in [0, 0.05) is 6.20 Å². The number of aromatic nitrogens is 1. The first-order chi connectivity index (χ1) is 6.72. The van der Waals surface area contributed by atoms with Gasteiger partial charge in [0.1, 0.15) is 0 Å². The molecule has 1 unspecified atom stereocenters. The minimum absolute atomic E-state index is 0.0510. The highest BCUT2D eigenvalue weighted by Crippen LogP contribution is 2.00. The Morgan fingerprint density at radius 1 is 1.50 bits per heavy atom. The molecule has 2 heteroatoms. The van der Waals surface area contributed by atoms with Crippen molar-refractivity contribution in [2.24, 2.45) is 5.73 Å². The summed E-state index contributed by atoms with van der Waals surface area (Å²) in [7, 11) is 0. The van der Waals surface area contributed by atoms with Gasteiger partial charge < -0.3 is 5.73 Å². The van der Waals surface area contributed by atoms with Crippen molar-refractivity contribution in [1.82, 2.24) is 4.98 Å². The van der Waals surface area contributed by atoms with Gasteiger partial charge in [0.05, 0.1) is 18.2 Å². The SMILES string of the molecule is CCc1ccc(CC#CC(C)N)nc1. The van der Waals surface area contributed by atoms with Crippen LogP contribution >= 0.6 is 0 Å². The van der Waals surface area contributed by atoms with Crippen molar-refractivity contribution in [3.63, 3.8) is 0 Å². The third kappa shape index (κ3) is 3.59. The molecule has 0 fully saturated rings. The summed E-state index contributed by atoms with van der Waals surface area (Å²) in [6, 6.07) is 4.06. The summed E-state index contributed by atoms with van der Waals surface area (Å²) < 4.78 is 0. The van der Waals surface area contributed by atoms with Crippen molar-refractivity contribution in [3.05, 3.63) is 29.6 Å². The van der Waals surface area contributed by atoms with Crippen LogP contribution in [0, 0.1) is 11.8 Å². The van der Waals surface area contributed by atoms with Gasteiger partial charge in [-0.15, -0.1) is 0 Å². The maximum atomic E-state index is 5.51. The van der Waals surface area contributed by atoms with Crippen LogP contribution in [-0.2, 0) is 12.8 Å². The molecule has 1 atom stereocenters. The Labute approximate surface area is 85.5 Å². The molecule has 0 aliphatic rings. The van der Waals surface area contributed by atoms with E-state index in [-0.39, 0.29) is 6.04 Å². The molecule has 0 radical (unpaired) electrons.